The van der Waals surface area contributed by atoms with Gasteiger partial charge < -0.3 is 9.84 Å². The molecule has 5 rings (SSSR count). The number of aromatic carboxylic acids is 1. The van der Waals surface area contributed by atoms with Crippen LogP contribution in [-0.4, -0.2) is 31.9 Å². The van der Waals surface area contributed by atoms with Gasteiger partial charge in [0.25, 0.3) is 5.56 Å². The first-order valence-corrected chi connectivity index (χ1v) is 13.6. The quantitative estimate of drug-likeness (QED) is 0.142. The Balaban J connectivity index is 1.47. The van der Waals surface area contributed by atoms with Crippen molar-refractivity contribution in [2.75, 3.05) is 0 Å². The molecule has 1 aliphatic carbocycles. The van der Waals surface area contributed by atoms with E-state index in [2.05, 4.69) is 21.0 Å². The minimum Gasteiger partial charge on any atom is -0.482 e. The van der Waals surface area contributed by atoms with E-state index >= 15 is 0 Å². The third-order valence-corrected chi connectivity index (χ3v) is 7.37. The summed E-state index contributed by atoms with van der Waals surface area (Å²) in [5, 5.41) is 25.9. The number of nitro benzene ring substituents is 1. The van der Waals surface area contributed by atoms with Crippen molar-refractivity contribution >= 4 is 44.7 Å². The molecule has 0 amide bonds. The highest BCUT2D eigenvalue weighted by molar-refractivity contribution is 9.10. The van der Waals surface area contributed by atoms with Crippen LogP contribution in [0.3, 0.4) is 0 Å². The number of carboxylic acids is 1. The highest BCUT2D eigenvalue weighted by Gasteiger charge is 2.23. The number of fused-ring (bicyclic) bond motifs is 1. The Morgan fingerprint density at radius 1 is 1.15 bits per heavy atom. The van der Waals surface area contributed by atoms with Crippen molar-refractivity contribution in [3.05, 3.63) is 108 Å². The smallest absolute Gasteiger partial charge is 0.335 e. The van der Waals surface area contributed by atoms with Crippen LogP contribution in [0, 0.1) is 10.1 Å². The monoisotopic (exact) mass is 604 g/mol. The summed E-state index contributed by atoms with van der Waals surface area (Å²) in [7, 11) is 0. The van der Waals surface area contributed by atoms with Gasteiger partial charge in [-0.3, -0.25) is 14.9 Å². The molecule has 0 atom stereocenters. The maximum atomic E-state index is 13.5. The Morgan fingerprint density at radius 2 is 1.95 bits per heavy atom. The molecule has 1 fully saturated rings. The van der Waals surface area contributed by atoms with Crippen molar-refractivity contribution in [2.45, 2.75) is 44.6 Å². The Bertz CT molecular complexity index is 1690. The number of aromatic nitrogens is 2. The molecular formula is C29H25BrN4O6. The van der Waals surface area contributed by atoms with Gasteiger partial charge in [-0.25, -0.2) is 9.78 Å². The molecule has 1 heterocycles. The van der Waals surface area contributed by atoms with E-state index in [0.717, 1.165) is 36.6 Å². The lowest BCUT2D eigenvalue weighted by atomic mass is 9.88. The molecule has 1 aromatic heterocycles. The summed E-state index contributed by atoms with van der Waals surface area (Å²) in [5.74, 6) is -0.359. The second-order valence-electron chi connectivity index (χ2n) is 9.61. The molecule has 10 nitrogen and oxygen atoms in total. The molecular weight excluding hydrogens is 580 g/mol. The average molecular weight is 605 g/mol. The molecule has 204 valence electrons. The van der Waals surface area contributed by atoms with Crippen molar-refractivity contribution in [2.24, 2.45) is 5.10 Å². The molecule has 11 heteroatoms. The van der Waals surface area contributed by atoms with Crippen LogP contribution in [0.1, 0.15) is 65.3 Å². The predicted molar refractivity (Wildman–Crippen MR) is 153 cm³/mol. The van der Waals surface area contributed by atoms with Crippen LogP contribution < -0.4 is 10.3 Å². The van der Waals surface area contributed by atoms with Crippen LogP contribution in [0.15, 0.2) is 75.0 Å². The zero-order valence-corrected chi connectivity index (χ0v) is 22.9. The van der Waals surface area contributed by atoms with Gasteiger partial charge in [0.05, 0.1) is 27.6 Å². The zero-order chi connectivity index (χ0) is 28.2. The van der Waals surface area contributed by atoms with Crippen LogP contribution in [0.2, 0.25) is 0 Å². The van der Waals surface area contributed by atoms with E-state index in [-0.39, 0.29) is 35.1 Å². The fourth-order valence-electron chi connectivity index (χ4n) is 4.86. The molecule has 1 N–H and O–H groups in total. The summed E-state index contributed by atoms with van der Waals surface area (Å²) in [6.07, 6.45) is 6.49. The second-order valence-corrected chi connectivity index (χ2v) is 10.5. The molecule has 4 aromatic rings. The number of benzene rings is 3. The van der Waals surface area contributed by atoms with E-state index in [1.54, 1.807) is 30.3 Å². The number of hydrogen-bond donors (Lipinski definition) is 1. The van der Waals surface area contributed by atoms with Crippen molar-refractivity contribution in [1.29, 1.82) is 0 Å². The Morgan fingerprint density at radius 3 is 2.70 bits per heavy atom. The molecule has 0 bridgehead atoms. The fraction of sp³-hybridized carbons (Fsp3) is 0.241. The second kappa shape index (κ2) is 11.8. The van der Waals surface area contributed by atoms with Gasteiger partial charge in [0.2, 0.25) is 0 Å². The first kappa shape index (κ1) is 27.2. The average Bonchev–Trinajstić information content (AvgIpc) is 2.96. The molecule has 1 saturated carbocycles. The number of carbonyl (C=O) groups is 1. The highest BCUT2D eigenvalue weighted by Crippen LogP contribution is 2.32. The SMILES string of the molecule is O=C(O)c1cccc(COc2ccc(C=Nn3c(C4CCCCC4)nc4ccc(Br)cc4c3=O)cc2[N+](=O)[O-])c1. The summed E-state index contributed by atoms with van der Waals surface area (Å²) in [6, 6.07) is 15.9. The van der Waals surface area contributed by atoms with Gasteiger partial charge in [0, 0.05) is 22.0 Å². The molecule has 3 aromatic carbocycles. The van der Waals surface area contributed by atoms with Crippen LogP contribution in [0.25, 0.3) is 10.9 Å². The Labute approximate surface area is 237 Å². The van der Waals surface area contributed by atoms with E-state index in [0.29, 0.717) is 27.9 Å². The predicted octanol–water partition coefficient (Wildman–Crippen LogP) is 6.27. The third kappa shape index (κ3) is 5.94. The van der Waals surface area contributed by atoms with Crippen molar-refractivity contribution in [1.82, 2.24) is 9.66 Å². The number of ether oxygens (including phenoxy) is 1. The van der Waals surface area contributed by atoms with Gasteiger partial charge >= 0.3 is 11.7 Å². The standard InChI is InChI=1S/C29H25BrN4O6/c30-22-10-11-24-23(15-22)28(35)33(27(32-24)20-6-2-1-3-7-20)31-16-18-9-12-26(25(14-18)34(38)39)40-17-19-5-4-8-21(13-19)29(36)37/h4-5,8-16,20H,1-3,6-7,17H2,(H,36,37). The summed E-state index contributed by atoms with van der Waals surface area (Å²) in [6.45, 7) is -0.0478. The van der Waals surface area contributed by atoms with Gasteiger partial charge in [-0.1, -0.05) is 47.3 Å². The Kier molecular flexibility index (Phi) is 8.01. The van der Waals surface area contributed by atoms with Gasteiger partial charge in [0.15, 0.2) is 5.75 Å². The van der Waals surface area contributed by atoms with Crippen LogP contribution in [0.5, 0.6) is 5.75 Å². The van der Waals surface area contributed by atoms with Gasteiger partial charge in [-0.05, 0) is 60.9 Å². The summed E-state index contributed by atoms with van der Waals surface area (Å²) < 4.78 is 7.73. The van der Waals surface area contributed by atoms with E-state index in [1.165, 1.54) is 35.2 Å². The van der Waals surface area contributed by atoms with Gasteiger partial charge in [-0.15, -0.1) is 0 Å². The molecule has 0 saturated heterocycles. The zero-order valence-electron chi connectivity index (χ0n) is 21.3. The van der Waals surface area contributed by atoms with Crippen LogP contribution >= 0.6 is 15.9 Å². The van der Waals surface area contributed by atoms with Crippen LogP contribution in [-0.2, 0) is 6.61 Å². The van der Waals surface area contributed by atoms with Crippen molar-refractivity contribution < 1.29 is 19.6 Å². The molecule has 0 radical (unpaired) electrons. The van der Waals surface area contributed by atoms with Crippen LogP contribution in [0.4, 0.5) is 5.69 Å². The van der Waals surface area contributed by atoms with Gasteiger partial charge in [0.1, 0.15) is 12.4 Å². The van der Waals surface area contributed by atoms with E-state index in [1.807, 2.05) is 6.07 Å². The summed E-state index contributed by atoms with van der Waals surface area (Å²) in [4.78, 5) is 40.8. The maximum Gasteiger partial charge on any atom is 0.335 e. The minimum absolute atomic E-state index is 0.0279. The number of nitro groups is 1. The fourth-order valence-corrected chi connectivity index (χ4v) is 5.22. The Hall–Kier alpha value is -4.38. The lowest BCUT2D eigenvalue weighted by Crippen LogP contribution is -2.25. The van der Waals surface area contributed by atoms with E-state index in [4.69, 9.17) is 9.72 Å². The third-order valence-electron chi connectivity index (χ3n) is 6.87. The number of hydrogen-bond acceptors (Lipinski definition) is 7. The topological polar surface area (TPSA) is 137 Å². The lowest BCUT2D eigenvalue weighted by molar-refractivity contribution is -0.385. The molecule has 40 heavy (non-hydrogen) atoms. The van der Waals surface area contributed by atoms with Crippen molar-refractivity contribution in [3.8, 4) is 5.75 Å². The molecule has 0 spiro atoms. The largest absolute Gasteiger partial charge is 0.482 e. The number of rotatable bonds is 8. The lowest BCUT2D eigenvalue weighted by Gasteiger charge is -2.22. The maximum absolute atomic E-state index is 13.5. The number of nitrogens with zero attached hydrogens (tertiary/aromatic N) is 4. The minimum atomic E-state index is -1.07. The summed E-state index contributed by atoms with van der Waals surface area (Å²) >= 11 is 3.41. The molecule has 0 aliphatic heterocycles. The van der Waals surface area contributed by atoms with E-state index in [9.17, 15) is 24.8 Å². The summed E-state index contributed by atoms with van der Waals surface area (Å²) in [5.41, 5.74) is 1.08. The molecule has 1 aliphatic rings. The first-order chi connectivity index (χ1) is 19.3. The molecule has 0 unspecified atom stereocenters. The van der Waals surface area contributed by atoms with E-state index < -0.39 is 10.9 Å². The first-order valence-electron chi connectivity index (χ1n) is 12.8. The number of carboxylic acid groups (broad SMARTS) is 1. The number of halogens is 1. The normalized spacial score (nSPS) is 14.0. The highest BCUT2D eigenvalue weighted by atomic mass is 79.9. The van der Waals surface area contributed by atoms with Crippen molar-refractivity contribution in [3.63, 3.8) is 0 Å². The van der Waals surface area contributed by atoms with Gasteiger partial charge in [-0.2, -0.15) is 9.78 Å².